The molecule has 2 heterocycles. The van der Waals surface area contributed by atoms with Crippen LogP contribution in [0.5, 0.6) is 0 Å². The van der Waals surface area contributed by atoms with Gasteiger partial charge in [0.2, 0.25) is 0 Å². The van der Waals surface area contributed by atoms with Crippen LogP contribution in [0.2, 0.25) is 5.02 Å². The highest BCUT2D eigenvalue weighted by atomic mass is 127. The summed E-state index contributed by atoms with van der Waals surface area (Å²) in [6, 6.07) is 10.3. The van der Waals surface area contributed by atoms with Crippen molar-refractivity contribution in [3.8, 4) is 5.69 Å². The molecule has 1 aliphatic heterocycles. The van der Waals surface area contributed by atoms with E-state index in [2.05, 4.69) is 78.1 Å². The fraction of sp³-hybridized carbons (Fsp3) is 0.550. The van der Waals surface area contributed by atoms with Gasteiger partial charge < -0.3 is 4.90 Å². The van der Waals surface area contributed by atoms with E-state index in [1.54, 1.807) is 0 Å². The van der Waals surface area contributed by atoms with E-state index in [9.17, 15) is 0 Å². The monoisotopic (exact) mass is 471 g/mol. The Balaban J connectivity index is 2.06. The number of hydrogen-bond acceptors (Lipinski definition) is 2. The summed E-state index contributed by atoms with van der Waals surface area (Å²) < 4.78 is 2.34. The van der Waals surface area contributed by atoms with Crippen LogP contribution < -0.4 is 4.90 Å². The van der Waals surface area contributed by atoms with Crippen molar-refractivity contribution < 1.29 is 0 Å². The van der Waals surface area contributed by atoms with Crippen LogP contribution in [-0.4, -0.2) is 26.3 Å². The van der Waals surface area contributed by atoms with Gasteiger partial charge >= 0.3 is 0 Å². The lowest BCUT2D eigenvalue weighted by atomic mass is 9.81. The third-order valence-electron chi connectivity index (χ3n) is 4.75. The molecule has 1 aromatic carbocycles. The van der Waals surface area contributed by atoms with E-state index < -0.39 is 0 Å². The summed E-state index contributed by atoms with van der Waals surface area (Å²) in [5.74, 6) is 1.10. The van der Waals surface area contributed by atoms with Crippen LogP contribution in [0.15, 0.2) is 30.3 Å². The molecule has 0 spiro atoms. The molecule has 1 fully saturated rings. The fourth-order valence-electron chi connectivity index (χ4n) is 3.87. The smallest absolute Gasteiger partial charge is 0.151 e. The van der Waals surface area contributed by atoms with E-state index in [0.29, 0.717) is 0 Å². The second kappa shape index (κ2) is 7.10. The highest BCUT2D eigenvalue weighted by Crippen LogP contribution is 2.39. The topological polar surface area (TPSA) is 21.1 Å². The van der Waals surface area contributed by atoms with Crippen molar-refractivity contribution in [2.75, 3.05) is 18.0 Å². The fourth-order valence-corrected chi connectivity index (χ4v) is 4.95. The zero-order valence-electron chi connectivity index (χ0n) is 15.5. The maximum atomic E-state index is 6.09. The zero-order valence-corrected chi connectivity index (χ0v) is 18.4. The molecule has 0 bridgehead atoms. The number of anilines is 1. The first kappa shape index (κ1) is 19.0. The van der Waals surface area contributed by atoms with E-state index in [4.69, 9.17) is 16.7 Å². The zero-order chi connectivity index (χ0) is 18.2. The molecular weight excluding hydrogens is 445 g/mol. The van der Waals surface area contributed by atoms with Gasteiger partial charge in [0.25, 0.3) is 0 Å². The highest BCUT2D eigenvalue weighted by molar-refractivity contribution is 14.1. The van der Waals surface area contributed by atoms with Crippen LogP contribution in [0, 0.1) is 0 Å². The lowest BCUT2D eigenvalue weighted by Gasteiger charge is -2.31. The second-order valence-corrected chi connectivity index (χ2v) is 11.6. The van der Waals surface area contributed by atoms with E-state index in [1.165, 1.54) is 18.5 Å². The lowest BCUT2D eigenvalue weighted by molar-refractivity contribution is 0.415. The van der Waals surface area contributed by atoms with Gasteiger partial charge in [-0.15, -0.1) is 5.10 Å². The van der Waals surface area contributed by atoms with Gasteiger partial charge in [0.05, 0.1) is 11.4 Å². The summed E-state index contributed by atoms with van der Waals surface area (Å²) in [5, 5.41) is 5.74. The Morgan fingerprint density at radius 1 is 1.08 bits per heavy atom. The Hall–Kier alpha value is -0.750. The summed E-state index contributed by atoms with van der Waals surface area (Å²) in [6.45, 7) is 11.4. The summed E-state index contributed by atoms with van der Waals surface area (Å²) in [7, 11) is 0. The number of halogens is 2. The third kappa shape index (κ3) is 4.51. The molecular formula is C20H27ClIN3. The Morgan fingerprint density at radius 2 is 1.68 bits per heavy atom. The molecule has 0 aliphatic carbocycles. The Morgan fingerprint density at radius 3 is 2.24 bits per heavy atom. The summed E-state index contributed by atoms with van der Waals surface area (Å²) >= 11 is 8.63. The number of benzene rings is 1. The Labute approximate surface area is 169 Å². The predicted molar refractivity (Wildman–Crippen MR) is 116 cm³/mol. The van der Waals surface area contributed by atoms with Crippen LogP contribution in [0.4, 0.5) is 5.82 Å². The number of rotatable bonds is 5. The van der Waals surface area contributed by atoms with Gasteiger partial charge in [0.15, 0.2) is 5.82 Å². The van der Waals surface area contributed by atoms with Crippen molar-refractivity contribution in [2.45, 2.75) is 55.8 Å². The third-order valence-corrected chi connectivity index (χ3v) is 5.39. The van der Waals surface area contributed by atoms with Crippen molar-refractivity contribution in [1.29, 1.82) is 0 Å². The van der Waals surface area contributed by atoms with Crippen LogP contribution in [0.3, 0.4) is 0 Å². The van der Waals surface area contributed by atoms with Gasteiger partial charge in [0, 0.05) is 33.0 Å². The Kier molecular flexibility index (Phi) is 5.41. The van der Waals surface area contributed by atoms with Gasteiger partial charge in [-0.1, -0.05) is 61.9 Å². The molecule has 25 heavy (non-hydrogen) atoms. The molecule has 0 N–H and O–H groups in total. The molecule has 1 aromatic heterocycles. The number of nitrogens with zero attached hydrogens (tertiary/aromatic N) is 3. The van der Waals surface area contributed by atoms with Gasteiger partial charge in [-0.05, 0) is 43.5 Å². The van der Waals surface area contributed by atoms with E-state index in [-0.39, 0.29) is 8.84 Å². The van der Waals surface area contributed by atoms with Crippen LogP contribution in [-0.2, 0) is 5.41 Å². The molecule has 2 aromatic rings. The van der Waals surface area contributed by atoms with Crippen molar-refractivity contribution in [1.82, 2.24) is 9.78 Å². The molecule has 0 amide bonds. The summed E-state index contributed by atoms with van der Waals surface area (Å²) in [4.78, 5) is 2.40. The average Bonchev–Trinajstić information content (AvgIpc) is 3.15. The van der Waals surface area contributed by atoms with Crippen molar-refractivity contribution in [3.63, 3.8) is 0 Å². The number of alkyl halides is 1. The van der Waals surface area contributed by atoms with Crippen molar-refractivity contribution in [3.05, 3.63) is 41.0 Å². The van der Waals surface area contributed by atoms with Crippen molar-refractivity contribution >= 4 is 40.0 Å². The minimum absolute atomic E-state index is 0.0231. The molecule has 3 nitrogen and oxygen atoms in total. The highest BCUT2D eigenvalue weighted by Gasteiger charge is 2.33. The first-order valence-electron chi connectivity index (χ1n) is 8.96. The molecule has 5 heteroatoms. The van der Waals surface area contributed by atoms with Crippen LogP contribution in [0.25, 0.3) is 5.69 Å². The van der Waals surface area contributed by atoms with Gasteiger partial charge in [-0.2, -0.15) is 0 Å². The van der Waals surface area contributed by atoms with Crippen LogP contribution >= 0.6 is 34.2 Å². The first-order valence-corrected chi connectivity index (χ1v) is 10.4. The molecule has 1 aliphatic rings. The van der Waals surface area contributed by atoms with E-state index >= 15 is 0 Å². The van der Waals surface area contributed by atoms with Crippen LogP contribution in [0.1, 0.15) is 52.7 Å². The first-order chi connectivity index (χ1) is 11.7. The van der Waals surface area contributed by atoms with Gasteiger partial charge in [-0.3, -0.25) is 0 Å². The quantitative estimate of drug-likeness (QED) is 0.393. The predicted octanol–water partition coefficient (Wildman–Crippen LogP) is 6.01. The Bertz CT molecular complexity index is 722. The van der Waals surface area contributed by atoms with Gasteiger partial charge in [-0.25, -0.2) is 4.68 Å². The number of aromatic nitrogens is 2. The molecule has 0 unspecified atom stereocenters. The SMILES string of the molecule is CC(C)(I)CC(C)(C)c1cc(N2CCCC2)nn1-c1ccc(Cl)cc1. The second-order valence-electron chi connectivity index (χ2n) is 8.25. The molecule has 0 radical (unpaired) electrons. The largest absolute Gasteiger partial charge is 0.355 e. The molecule has 3 rings (SSSR count). The van der Waals surface area contributed by atoms with E-state index in [1.807, 2.05) is 12.1 Å². The molecule has 0 atom stereocenters. The molecule has 1 saturated heterocycles. The molecule has 136 valence electrons. The minimum Gasteiger partial charge on any atom is -0.355 e. The average molecular weight is 472 g/mol. The standard InChI is InChI=1S/C20H27ClIN3/c1-19(2,14-20(3,4)22)17-13-18(24-11-5-6-12-24)23-25(17)16-9-7-15(21)8-10-16/h7-10,13H,5-6,11-12,14H2,1-4H3. The minimum atomic E-state index is 0.0231. The summed E-state index contributed by atoms with van der Waals surface area (Å²) in [5.41, 5.74) is 2.36. The van der Waals surface area contributed by atoms with E-state index in [0.717, 1.165) is 36.0 Å². The lowest BCUT2D eigenvalue weighted by Crippen LogP contribution is -2.29. The molecule has 0 saturated carbocycles. The number of hydrogen-bond donors (Lipinski definition) is 0. The van der Waals surface area contributed by atoms with Gasteiger partial charge in [0.1, 0.15) is 0 Å². The maximum absolute atomic E-state index is 6.09. The maximum Gasteiger partial charge on any atom is 0.151 e. The van der Waals surface area contributed by atoms with Crippen molar-refractivity contribution in [2.24, 2.45) is 0 Å². The normalized spacial score (nSPS) is 15.8. The summed E-state index contributed by atoms with van der Waals surface area (Å²) in [6.07, 6.45) is 3.60.